The third-order valence-corrected chi connectivity index (χ3v) is 6.27. The molecule has 0 aliphatic rings. The van der Waals surface area contributed by atoms with Gasteiger partial charge in [0.15, 0.2) is 0 Å². The Morgan fingerprint density at radius 3 is 2.04 bits per heavy atom. The van der Waals surface area contributed by atoms with Crippen molar-refractivity contribution in [1.82, 2.24) is 5.32 Å². The van der Waals surface area contributed by atoms with Gasteiger partial charge in [-0.25, -0.2) is 0 Å². The first-order valence-electron chi connectivity index (χ1n) is 9.47. The van der Waals surface area contributed by atoms with Gasteiger partial charge in [0.05, 0.1) is 0 Å². The average molecular weight is 362 g/mol. The smallest absolute Gasteiger partial charge is 0.220 e. The second-order valence-corrected chi connectivity index (χ2v) is 10.2. The molecular weight excluding hydrogens is 322 g/mol. The summed E-state index contributed by atoms with van der Waals surface area (Å²) in [4.78, 5) is 11.7. The van der Waals surface area contributed by atoms with E-state index in [9.17, 15) is 4.79 Å². The second-order valence-electron chi connectivity index (χ2n) is 7.53. The summed E-state index contributed by atoms with van der Waals surface area (Å²) in [6.07, 6.45) is 12.7. The van der Waals surface area contributed by atoms with Gasteiger partial charge >= 0.3 is 0 Å². The Bertz CT molecular complexity index is 277. The average Bonchev–Trinajstić information content (AvgIpc) is 2.49. The molecule has 2 nitrogen and oxygen atoms in total. The monoisotopic (exact) mass is 361 g/mol. The number of amides is 1. The summed E-state index contributed by atoms with van der Waals surface area (Å²) in [7, 11) is 3.86. The molecule has 0 spiro atoms. The van der Waals surface area contributed by atoms with E-state index in [0.717, 1.165) is 18.7 Å². The Balaban J connectivity index is 3.17. The first kappa shape index (κ1) is 23.2. The fourth-order valence-electron chi connectivity index (χ4n) is 2.22. The molecule has 0 bridgehead atoms. The summed E-state index contributed by atoms with van der Waals surface area (Å²) in [6.45, 7) is 9.61. The highest BCUT2D eigenvalue weighted by Gasteiger charge is 2.12. The Labute approximate surface area is 153 Å². The molecule has 1 amide bonds. The molecule has 0 fully saturated rings. The van der Waals surface area contributed by atoms with Crippen molar-refractivity contribution in [3.63, 3.8) is 0 Å². The van der Waals surface area contributed by atoms with Crippen LogP contribution in [-0.4, -0.2) is 24.0 Å². The van der Waals surface area contributed by atoms with E-state index in [-0.39, 0.29) is 11.3 Å². The van der Waals surface area contributed by atoms with E-state index in [2.05, 4.69) is 33.0 Å². The highest BCUT2D eigenvalue weighted by atomic mass is 33.1. The van der Waals surface area contributed by atoms with Gasteiger partial charge in [0, 0.05) is 24.5 Å². The molecule has 0 saturated carbocycles. The number of unbranched alkanes of at least 4 members (excludes halogenated alkanes) is 7. The van der Waals surface area contributed by atoms with E-state index in [4.69, 9.17) is 0 Å². The number of nitrogens with one attached hydrogen (secondary N) is 1. The van der Waals surface area contributed by atoms with Crippen LogP contribution in [0.5, 0.6) is 0 Å². The molecule has 4 heteroatoms. The number of hydrogen-bond donors (Lipinski definition) is 1. The van der Waals surface area contributed by atoms with Crippen LogP contribution in [-0.2, 0) is 4.79 Å². The lowest BCUT2D eigenvalue weighted by Gasteiger charge is -2.17. The predicted octanol–water partition coefficient (Wildman–Crippen LogP) is 6.45. The molecule has 0 saturated heterocycles. The largest absolute Gasteiger partial charge is 0.355 e. The number of carbonyl (C=O) groups is 1. The molecule has 0 radical (unpaired) electrons. The summed E-state index contributed by atoms with van der Waals surface area (Å²) >= 11 is 0. The molecule has 0 atom stereocenters. The van der Waals surface area contributed by atoms with Crippen LogP contribution < -0.4 is 5.32 Å². The van der Waals surface area contributed by atoms with Gasteiger partial charge in [-0.05, 0) is 18.3 Å². The maximum absolute atomic E-state index is 11.7. The molecule has 0 aromatic heterocycles. The minimum atomic E-state index is 0.202. The predicted molar refractivity (Wildman–Crippen MR) is 109 cm³/mol. The molecule has 0 rings (SSSR count). The standard InChI is InChI=1S/C19H39NOS2/c1-5-6-7-8-9-10-11-12-16-22-23-17-15-20-18(21)13-14-19(2,3)4/h5-17H2,1-4H3,(H,20,21). The van der Waals surface area contributed by atoms with Gasteiger partial charge in [-0.2, -0.15) is 0 Å². The van der Waals surface area contributed by atoms with E-state index < -0.39 is 0 Å². The van der Waals surface area contributed by atoms with Crippen molar-refractivity contribution in [2.75, 3.05) is 18.1 Å². The maximum atomic E-state index is 11.7. The molecular formula is C19H39NOS2. The van der Waals surface area contributed by atoms with Crippen LogP contribution in [0, 0.1) is 5.41 Å². The molecule has 0 aliphatic carbocycles. The molecule has 0 aliphatic heterocycles. The molecule has 0 aromatic rings. The lowest BCUT2D eigenvalue weighted by Crippen LogP contribution is -2.26. The van der Waals surface area contributed by atoms with Gasteiger partial charge in [0.25, 0.3) is 0 Å². The normalized spacial score (nSPS) is 11.7. The van der Waals surface area contributed by atoms with Crippen LogP contribution in [0.15, 0.2) is 0 Å². The van der Waals surface area contributed by atoms with Gasteiger partial charge in [-0.3, -0.25) is 4.79 Å². The lowest BCUT2D eigenvalue weighted by molar-refractivity contribution is -0.121. The van der Waals surface area contributed by atoms with Crippen LogP contribution in [0.2, 0.25) is 0 Å². The summed E-state index contributed by atoms with van der Waals surface area (Å²) < 4.78 is 0. The summed E-state index contributed by atoms with van der Waals surface area (Å²) in [5.41, 5.74) is 0.248. The molecule has 1 N–H and O–H groups in total. The fourth-order valence-corrected chi connectivity index (χ4v) is 4.28. The highest BCUT2D eigenvalue weighted by molar-refractivity contribution is 8.76. The van der Waals surface area contributed by atoms with Crippen molar-refractivity contribution in [2.45, 2.75) is 91.9 Å². The molecule has 0 aromatic carbocycles. The van der Waals surface area contributed by atoms with Crippen LogP contribution in [0.4, 0.5) is 0 Å². The van der Waals surface area contributed by atoms with E-state index in [1.54, 1.807) is 0 Å². The van der Waals surface area contributed by atoms with Crippen LogP contribution in [0.3, 0.4) is 0 Å². The molecule has 23 heavy (non-hydrogen) atoms. The first-order valence-corrected chi connectivity index (χ1v) is 12.0. The van der Waals surface area contributed by atoms with Crippen LogP contribution >= 0.6 is 21.6 Å². The maximum Gasteiger partial charge on any atom is 0.220 e. The quantitative estimate of drug-likeness (QED) is 0.268. The van der Waals surface area contributed by atoms with Gasteiger partial charge in [0.2, 0.25) is 5.91 Å². The molecule has 0 heterocycles. The third-order valence-electron chi connectivity index (χ3n) is 3.77. The number of carbonyl (C=O) groups excluding carboxylic acids is 1. The number of hydrogen-bond acceptors (Lipinski definition) is 3. The van der Waals surface area contributed by atoms with E-state index in [1.807, 2.05) is 21.6 Å². The summed E-state index contributed by atoms with van der Waals surface area (Å²) in [6, 6.07) is 0. The lowest BCUT2D eigenvalue weighted by atomic mass is 9.90. The van der Waals surface area contributed by atoms with Crippen molar-refractivity contribution in [2.24, 2.45) is 5.41 Å². The van der Waals surface area contributed by atoms with Gasteiger partial charge in [-0.15, -0.1) is 0 Å². The topological polar surface area (TPSA) is 29.1 Å². The zero-order valence-corrected chi connectivity index (χ0v) is 17.6. The van der Waals surface area contributed by atoms with Crippen molar-refractivity contribution in [1.29, 1.82) is 0 Å². The van der Waals surface area contributed by atoms with Crippen molar-refractivity contribution in [3.8, 4) is 0 Å². The minimum absolute atomic E-state index is 0.202. The Hall–Kier alpha value is 0.170. The van der Waals surface area contributed by atoms with E-state index in [1.165, 1.54) is 57.1 Å². The zero-order valence-electron chi connectivity index (χ0n) is 15.9. The molecule has 138 valence electrons. The Kier molecular flexibility index (Phi) is 15.8. The van der Waals surface area contributed by atoms with Crippen LogP contribution in [0.25, 0.3) is 0 Å². The van der Waals surface area contributed by atoms with Crippen molar-refractivity contribution in [3.05, 3.63) is 0 Å². The van der Waals surface area contributed by atoms with Crippen molar-refractivity contribution < 1.29 is 4.79 Å². The van der Waals surface area contributed by atoms with Gasteiger partial charge < -0.3 is 5.32 Å². The first-order chi connectivity index (χ1) is 11.0. The highest BCUT2D eigenvalue weighted by Crippen LogP contribution is 2.23. The SMILES string of the molecule is CCCCCCCCCCSSCCNC(=O)CCC(C)(C)C. The van der Waals surface area contributed by atoms with E-state index in [0.29, 0.717) is 6.42 Å². The molecule has 0 unspecified atom stereocenters. The fraction of sp³-hybridized carbons (Fsp3) is 0.947. The zero-order chi connectivity index (χ0) is 17.4. The number of rotatable bonds is 15. The third kappa shape index (κ3) is 20.1. The minimum Gasteiger partial charge on any atom is -0.355 e. The van der Waals surface area contributed by atoms with Crippen molar-refractivity contribution >= 4 is 27.5 Å². The summed E-state index contributed by atoms with van der Waals surface area (Å²) in [5.74, 6) is 2.47. The second kappa shape index (κ2) is 15.7. The van der Waals surface area contributed by atoms with Crippen LogP contribution in [0.1, 0.15) is 91.9 Å². The van der Waals surface area contributed by atoms with E-state index >= 15 is 0 Å². The Morgan fingerprint density at radius 2 is 1.43 bits per heavy atom. The van der Waals surface area contributed by atoms with Gasteiger partial charge in [0.1, 0.15) is 0 Å². The summed E-state index contributed by atoms with van der Waals surface area (Å²) in [5, 5.41) is 3.02. The van der Waals surface area contributed by atoms with Gasteiger partial charge in [-0.1, -0.05) is 94.2 Å². The Morgan fingerprint density at radius 1 is 0.870 bits per heavy atom.